The number of anilines is 2. The number of phosphoric ester groups is 1. The molecule has 1 fully saturated rings. The highest BCUT2D eigenvalue weighted by Crippen LogP contribution is 2.60. The predicted octanol–water partition coefficient (Wildman–Crippen LogP) is 2.53. The second-order valence-electron chi connectivity index (χ2n) is 17.0. The van der Waals surface area contributed by atoms with Crippen molar-refractivity contribution in [3.8, 4) is 17.1 Å². The summed E-state index contributed by atoms with van der Waals surface area (Å²) in [5.74, 6) is 0.817. The number of imidazole rings is 3. The molecule has 1 saturated heterocycles. The van der Waals surface area contributed by atoms with E-state index < -0.39 is 99.9 Å². The van der Waals surface area contributed by atoms with Gasteiger partial charge in [-0.25, -0.2) is 43.1 Å². The Morgan fingerprint density at radius 3 is 2.35 bits per heavy atom. The van der Waals surface area contributed by atoms with Gasteiger partial charge in [-0.3, -0.25) is 42.3 Å². The second-order valence-corrected chi connectivity index (χ2v) is 23.7. The summed E-state index contributed by atoms with van der Waals surface area (Å²) in [6.07, 6.45) is -5.80. The molecule has 442 valence electrons. The molecule has 0 bridgehead atoms. The molecule has 2 aromatic carbocycles. The van der Waals surface area contributed by atoms with E-state index >= 15 is 0 Å². The number of nitrogens with one attached hydrogen (secondary N) is 3. The van der Waals surface area contributed by atoms with Gasteiger partial charge in [-0.15, -0.1) is 0 Å². The minimum absolute atomic E-state index is 0. The minimum atomic E-state index is -5.30. The van der Waals surface area contributed by atoms with Crippen LogP contribution in [0, 0.1) is 0 Å². The highest BCUT2D eigenvalue weighted by atomic mass is 35.5. The summed E-state index contributed by atoms with van der Waals surface area (Å²) < 4.78 is 80.9. The molecule has 0 radical (unpaired) electrons. The number of ether oxygens (including phenoxy) is 4. The normalized spacial score (nSPS) is 19.8. The van der Waals surface area contributed by atoms with Crippen LogP contribution in [0.5, 0.6) is 5.75 Å². The molecule has 11 atom stereocenters. The summed E-state index contributed by atoms with van der Waals surface area (Å²) >= 11 is 7.21. The van der Waals surface area contributed by atoms with E-state index in [1.54, 1.807) is 42.1 Å². The smallest absolute Gasteiger partial charge is 0.472 e. The van der Waals surface area contributed by atoms with E-state index in [0.717, 1.165) is 18.0 Å². The van der Waals surface area contributed by atoms with E-state index in [4.69, 9.17) is 58.5 Å². The summed E-state index contributed by atoms with van der Waals surface area (Å²) in [5, 5.41) is 25.6. The first-order valence-electron chi connectivity index (χ1n) is 23.4. The Morgan fingerprint density at radius 2 is 1.66 bits per heavy atom. The highest BCUT2D eigenvalue weighted by molar-refractivity contribution is 7.98. The summed E-state index contributed by atoms with van der Waals surface area (Å²) in [7, 11) is -12.9. The first-order chi connectivity index (χ1) is 38.7. The Balaban J connectivity index is 0.00000880. The molecule has 11 N–H and O–H groups in total. The van der Waals surface area contributed by atoms with Crippen LogP contribution in [-0.4, -0.2) is 166 Å². The van der Waals surface area contributed by atoms with Gasteiger partial charge in [0, 0.05) is 31.9 Å². The molecule has 6 aromatic heterocycles. The zero-order chi connectivity index (χ0) is 57.9. The van der Waals surface area contributed by atoms with E-state index in [-0.39, 0.29) is 71.7 Å². The zero-order valence-electron chi connectivity index (χ0n) is 42.8. The lowest BCUT2D eigenvalue weighted by Crippen LogP contribution is -2.40. The highest BCUT2D eigenvalue weighted by Gasteiger charge is 2.51. The molecule has 1 aliphatic rings. The van der Waals surface area contributed by atoms with Crippen molar-refractivity contribution in [3.63, 3.8) is 0 Å². The van der Waals surface area contributed by atoms with Gasteiger partial charge >= 0.3 is 32.6 Å². The van der Waals surface area contributed by atoms with Crippen LogP contribution in [0.4, 0.5) is 11.8 Å². The van der Waals surface area contributed by atoms with Gasteiger partial charge < -0.3 is 68.9 Å². The largest absolute Gasteiger partial charge is 0.492 e. The number of H-pyrrole nitrogens is 2. The lowest BCUT2D eigenvalue weighted by Gasteiger charge is -2.28. The Kier molecular flexibility index (Phi) is 20.6. The molecule has 8 aromatic rings. The van der Waals surface area contributed by atoms with E-state index in [1.807, 2.05) is 0 Å². The summed E-state index contributed by atoms with van der Waals surface area (Å²) in [6, 6.07) is 12.0. The van der Waals surface area contributed by atoms with E-state index in [1.165, 1.54) is 60.4 Å². The molecular weight excluding hydrogens is 1230 g/mol. The Morgan fingerprint density at radius 1 is 0.927 bits per heavy atom. The van der Waals surface area contributed by atoms with Crippen molar-refractivity contribution in [3.05, 3.63) is 93.2 Å². The van der Waals surface area contributed by atoms with Gasteiger partial charge in [0.2, 0.25) is 5.95 Å². The monoisotopic (exact) mass is 1280 g/mol. The number of aromatic nitrogens is 12. The van der Waals surface area contributed by atoms with Crippen LogP contribution in [0.1, 0.15) is 12.5 Å². The predicted molar refractivity (Wildman–Crippen MR) is 299 cm³/mol. The maximum atomic E-state index is 13.8. The number of halogens is 1. The van der Waals surface area contributed by atoms with Crippen molar-refractivity contribution in [2.45, 2.75) is 54.7 Å². The summed E-state index contributed by atoms with van der Waals surface area (Å²) in [4.78, 5) is 104. The van der Waals surface area contributed by atoms with Crippen molar-refractivity contribution in [1.29, 1.82) is 0 Å². The van der Waals surface area contributed by atoms with Gasteiger partial charge in [-0.1, -0.05) is 35.5 Å². The third-order valence-corrected chi connectivity index (χ3v) is 17.8. The Labute approximate surface area is 480 Å². The topological polar surface area (TPSA) is 447 Å². The summed E-state index contributed by atoms with van der Waals surface area (Å²) in [6.45, 7) is -1.44. The number of nitrogens with two attached hydrogens (primary N) is 1. The fraction of sp³-hybridized carbons (Fsp3) is 0.357. The maximum Gasteiger partial charge on any atom is 0.472 e. The molecule has 0 aliphatic carbocycles. The lowest BCUT2D eigenvalue weighted by atomic mass is 10.1. The molecule has 0 spiro atoms. The van der Waals surface area contributed by atoms with Crippen molar-refractivity contribution in [1.82, 2.24) is 58.6 Å². The minimum Gasteiger partial charge on any atom is -0.492 e. The quantitative estimate of drug-likeness (QED) is 0.0211. The van der Waals surface area contributed by atoms with E-state index in [2.05, 4.69) is 50.2 Å². The third kappa shape index (κ3) is 13.8. The molecule has 7 heterocycles. The number of rotatable bonds is 26. The molecule has 9 rings (SSSR count). The van der Waals surface area contributed by atoms with Crippen molar-refractivity contribution >= 4 is 120 Å². The second kappa shape index (κ2) is 26.8. The van der Waals surface area contributed by atoms with Gasteiger partial charge in [-0.2, -0.15) is 18.5 Å². The number of nitrogens with zero attached hydrogens (tertiary/aromatic N) is 10. The zero-order valence-corrected chi connectivity index (χ0v) is 49.0. The van der Waals surface area contributed by atoms with Crippen LogP contribution in [0.2, 0.25) is 5.02 Å². The molecule has 0 saturated carbocycles. The number of methoxy groups -OCH3 is 2. The molecule has 1 aliphatic heterocycles. The Hall–Kier alpha value is -5.16. The number of nitrogen functional groups attached to an aromatic ring is 1. The molecule has 40 heteroatoms. The number of phosphoric acid groups is 1. The number of aliphatic hydroxyl groups excluding tert-OH is 2. The first kappa shape index (κ1) is 62.9. The Bertz CT molecular complexity index is 3740. The molecule has 11 unspecified atom stereocenters. The molecule has 82 heavy (non-hydrogen) atoms. The van der Waals surface area contributed by atoms with Crippen molar-refractivity contribution in [2.24, 2.45) is 0 Å². The number of fused-ring (bicyclic) bond motifs is 3. The number of hydrogen-bond acceptors (Lipinski definition) is 27. The van der Waals surface area contributed by atoms with Crippen molar-refractivity contribution in [2.75, 3.05) is 58.4 Å². The third-order valence-electron chi connectivity index (χ3n) is 12.1. The van der Waals surface area contributed by atoms with Crippen LogP contribution in [0.3, 0.4) is 0 Å². The standard InChI is InChI=1S/C42H49ClN14O19P4S.H2S/c1-45-32-26-35(47-17-46-32)57(19-48-26)40-31(69-3)30(74-80(66,67)72-16-24(68-2)29(58)39(61)56-18-49-27-36(56)52-41(44)53-37(27)59)25(73-40)15-71-77(62)75-78(63)76-79(64,65)23-11-5-20(6-12-23)34-50-33-28(38(60)54-42(51-33)81-4)55(34)13-14-70-22-9-7-21(43)8-10-22;/h5-12,17-19,24-25,29-31,39-40,58,61-63H,13-16H2,1-4H3,(H,64,65)(H,66,67)(H,45,46,47)(H,51,54,60)(H3,44,52,53,59);1H2. The number of benzene rings is 2. The average Bonchev–Trinajstić information content (AvgIpc) is 4.30. The van der Waals surface area contributed by atoms with Gasteiger partial charge in [0.05, 0.1) is 37.7 Å². The van der Waals surface area contributed by atoms with Crippen LogP contribution in [-0.2, 0) is 52.1 Å². The summed E-state index contributed by atoms with van der Waals surface area (Å²) in [5.41, 5.74) is 5.23. The fourth-order valence-corrected chi connectivity index (χ4v) is 12.8. The van der Waals surface area contributed by atoms with Crippen LogP contribution in [0.25, 0.3) is 44.9 Å². The van der Waals surface area contributed by atoms with Crippen LogP contribution < -0.4 is 32.2 Å². The molecular formula is C42H51ClN14O19P4S2. The molecule has 0 amide bonds. The SMILES string of the molecule is CNc1ncnc2c1ncn2C1OC(COP(O)OP(O)OP(=O)(O)c2ccc(-c3nc4nc(SC)[nH]c(=O)c4n3CCOc3ccc(Cl)cc3)cc2)C(OP(=O)(O)OCC(OC)C(O)C(O)n2cnc3c(=O)[nH]c(N)nc32)C1OC.S. The number of thioether (sulfide) groups is 1. The molecule has 33 nitrogen and oxygen atoms in total. The number of aliphatic hydroxyl groups is 2. The lowest BCUT2D eigenvalue weighted by molar-refractivity contribution is -0.116. The number of aromatic amines is 2. The number of hydrogen-bond donors (Lipinski definition) is 10. The first-order valence-corrected chi connectivity index (χ1v) is 30.3. The van der Waals surface area contributed by atoms with Gasteiger partial charge in [0.1, 0.15) is 60.5 Å². The van der Waals surface area contributed by atoms with Crippen molar-refractivity contribution < 1.29 is 80.1 Å². The maximum absolute atomic E-state index is 13.8. The van der Waals surface area contributed by atoms with Crippen LogP contribution in [0.15, 0.2) is 82.3 Å². The van der Waals surface area contributed by atoms with Gasteiger partial charge in [-0.05, 0) is 42.7 Å². The fourth-order valence-electron chi connectivity index (χ4n) is 8.34. The van der Waals surface area contributed by atoms with E-state index in [0.29, 0.717) is 32.8 Å². The average molecular weight is 1280 g/mol. The van der Waals surface area contributed by atoms with Gasteiger partial charge in [0.15, 0.2) is 51.4 Å². The van der Waals surface area contributed by atoms with E-state index in [9.17, 15) is 48.5 Å². The van der Waals surface area contributed by atoms with Crippen LogP contribution >= 0.6 is 69.5 Å². The van der Waals surface area contributed by atoms with Gasteiger partial charge in [0.25, 0.3) is 11.1 Å².